The summed E-state index contributed by atoms with van der Waals surface area (Å²) >= 11 is 6.55. The zero-order valence-corrected chi connectivity index (χ0v) is 66.9. The van der Waals surface area contributed by atoms with Crippen LogP contribution in [0.5, 0.6) is 0 Å². The first-order valence-electron chi connectivity index (χ1n) is 33.4. The first-order valence-corrected chi connectivity index (χ1v) is 35.3. The van der Waals surface area contributed by atoms with Gasteiger partial charge in [0.05, 0.1) is 61.2 Å². The number of nitrogens with one attached hydrogen (secondary N) is 1. The number of halogens is 10. The fourth-order valence-electron chi connectivity index (χ4n) is 9.45. The maximum Gasteiger partial charge on any atom is 1.00 e. The number of hydrogen-bond acceptors (Lipinski definition) is 13. The number of ether oxygens (including phenoxy) is 5. The van der Waals surface area contributed by atoms with Gasteiger partial charge in [0.2, 0.25) is 5.60 Å². The molecule has 0 radical (unpaired) electrons. The van der Waals surface area contributed by atoms with Crippen molar-refractivity contribution in [1.29, 1.82) is 0 Å². The summed E-state index contributed by atoms with van der Waals surface area (Å²) in [5, 5.41) is 21.9. The number of fused-ring (bicyclic) bond motifs is 2. The van der Waals surface area contributed by atoms with Crippen molar-refractivity contribution in [3.8, 4) is 11.4 Å². The molecule has 0 aliphatic carbocycles. The van der Waals surface area contributed by atoms with Crippen LogP contribution in [0.25, 0.3) is 33.2 Å². The number of aromatic nitrogens is 8. The SMILES string of the molecule is C1CCOC1.C=CCBr.C=CCn1cc(C(=O)C(F)(F)F)cc1C(=O)OCC.C=CCn1cc(C(O)(c2ccc3c(cnn3-c3ccc(F)cc3)c2)C(F)(F)F)cc1C(=O)OCC.C=CCn1cccc1C(=O)OCC.CCOC(=O)c1ccc[nH]1.Fc1ccc(-n2ncc3cc(Br)ccc32)cc1.[CH2-]CCC.[H-].[Li+].[Na+]. The Morgan fingerprint density at radius 3 is 1.48 bits per heavy atom. The van der Waals surface area contributed by atoms with Crippen molar-refractivity contribution in [2.75, 3.05) is 45.0 Å². The number of unbranched alkanes of at least 4 members (excludes halogenated alkanes) is 1. The summed E-state index contributed by atoms with van der Waals surface area (Å²) in [5.41, 5.74) is -1.38. The number of benzene rings is 4. The van der Waals surface area contributed by atoms with Crippen LogP contribution in [0.15, 0.2) is 214 Å². The maximum absolute atomic E-state index is 14.4. The van der Waals surface area contributed by atoms with Crippen molar-refractivity contribution < 1.29 is 138 Å². The number of esters is 4. The van der Waals surface area contributed by atoms with Crippen LogP contribution in [0, 0.1) is 18.6 Å². The van der Waals surface area contributed by atoms with E-state index in [1.54, 1.807) is 91.8 Å². The second-order valence-corrected chi connectivity index (χ2v) is 23.7. The molecule has 576 valence electrons. The minimum absolute atomic E-state index is 0. The van der Waals surface area contributed by atoms with Gasteiger partial charge in [0.1, 0.15) is 34.4 Å². The van der Waals surface area contributed by atoms with Crippen LogP contribution in [0.4, 0.5) is 35.1 Å². The summed E-state index contributed by atoms with van der Waals surface area (Å²) in [7, 11) is 0. The van der Waals surface area contributed by atoms with Gasteiger partial charge in [0, 0.05) is 89.3 Å². The Balaban J connectivity index is 0.000000692. The van der Waals surface area contributed by atoms with Gasteiger partial charge in [-0.15, -0.1) is 26.3 Å². The third kappa shape index (κ3) is 29.3. The maximum atomic E-state index is 14.4. The molecule has 109 heavy (non-hydrogen) atoms. The molecule has 0 saturated carbocycles. The van der Waals surface area contributed by atoms with Crippen LogP contribution >= 0.6 is 31.9 Å². The molecule has 31 heteroatoms. The zero-order chi connectivity index (χ0) is 79.3. The molecular weight excluding hydrogens is 1570 g/mol. The summed E-state index contributed by atoms with van der Waals surface area (Å²) in [6.07, 6.45) is 9.75. The molecule has 0 amide bonds. The van der Waals surface area contributed by atoms with Gasteiger partial charge in [-0.3, -0.25) is 4.79 Å². The first-order chi connectivity index (χ1) is 51.1. The van der Waals surface area contributed by atoms with Crippen LogP contribution in [0.2, 0.25) is 0 Å². The third-order valence-corrected chi connectivity index (χ3v) is 15.4. The molecule has 10 aromatic rings. The second-order valence-electron chi connectivity index (χ2n) is 22.1. The van der Waals surface area contributed by atoms with E-state index in [0.717, 1.165) is 76.6 Å². The quantitative estimate of drug-likeness (QED) is 0.0100. The molecular formula is C78H86Br2F8LiN8NaO11. The Morgan fingerprint density at radius 2 is 1.06 bits per heavy atom. The monoisotopic (exact) mass is 1650 g/mol. The molecule has 19 nitrogen and oxygen atoms in total. The number of allylic oxidation sites excluding steroid dienone is 4. The van der Waals surface area contributed by atoms with Crippen molar-refractivity contribution in [2.45, 2.75) is 97.9 Å². The van der Waals surface area contributed by atoms with Gasteiger partial charge in [-0.05, 0) is 161 Å². The summed E-state index contributed by atoms with van der Waals surface area (Å²) in [6.45, 7) is 30.2. The standard InChI is InChI=1S/C25H21F4N3O3.C13H8BrFN2.C12H12F3NO3.C10H13NO2.C7H9NO2.C4H8O.C4H9.C3H5Br.Li.Na.H/c1-3-11-31-15-18(13-22(31)23(33)35-4-2)24(34,25(27,28)29)17-5-10-21-16(12-17)14-30-32(21)20-8-6-19(26)7-9-20;14-10-1-6-13-9(7-10)8-16-17(13)12-4-2-11(15)3-5-12;1-3-5-16-7-8(10(17)12(13,14)15)6-9(16)11(18)19-4-2;1-3-7-11-8-5-6-9(11)10(12)13-4-2;1-2-10-7(9)6-4-3-5-8-6;1-2-4-5-3-1;1-3-4-2;1-2-3-4;;;/h3,5-10,12-15,34H,1,4,11H2,2H3;1-8H;3,6-7H,1,4-5H2,2H3;3,5-6,8H,1,4,7H2,2H3;3-5,8H,2H2,1H3;1-4H2;1,3-4H2,2H3;2H,1,3H2;;;/q;;;;;;-1;;2*+1;-1. The summed E-state index contributed by atoms with van der Waals surface area (Å²) in [5.74, 6) is -4.87. The molecule has 1 saturated heterocycles. The molecule has 4 aromatic carbocycles. The van der Waals surface area contributed by atoms with E-state index in [0.29, 0.717) is 47.7 Å². The molecule has 1 aliphatic rings. The summed E-state index contributed by atoms with van der Waals surface area (Å²) in [6, 6.07) is 30.3. The molecule has 1 atom stereocenters. The van der Waals surface area contributed by atoms with Crippen molar-refractivity contribution in [1.82, 2.24) is 38.2 Å². The minimum atomic E-state index is -5.13. The van der Waals surface area contributed by atoms with E-state index in [2.05, 4.69) is 87.2 Å². The van der Waals surface area contributed by atoms with Gasteiger partial charge >= 0.3 is 84.6 Å². The predicted octanol–water partition coefficient (Wildman–Crippen LogP) is 12.8. The van der Waals surface area contributed by atoms with E-state index < -0.39 is 58.2 Å². The van der Waals surface area contributed by atoms with Crippen molar-refractivity contribution >= 4 is 83.3 Å². The summed E-state index contributed by atoms with van der Waals surface area (Å²) < 4.78 is 139. The molecule has 1 unspecified atom stereocenters. The fraction of sp³-hybridized carbons (Fsp3) is 0.282. The number of ketones is 1. The number of Topliss-reactive ketones (excluding diaryl/α,β-unsaturated/α-hetero) is 1. The average molecular weight is 1650 g/mol. The van der Waals surface area contributed by atoms with E-state index >= 15 is 0 Å². The topological polar surface area (TPSA) is 218 Å². The van der Waals surface area contributed by atoms with Crippen LogP contribution in [-0.4, -0.2) is 130 Å². The number of rotatable bonds is 21. The number of aromatic amines is 1. The van der Waals surface area contributed by atoms with E-state index in [1.807, 2.05) is 30.5 Å². The van der Waals surface area contributed by atoms with E-state index in [1.165, 1.54) is 100.0 Å². The van der Waals surface area contributed by atoms with Crippen LogP contribution in [-0.2, 0) is 48.9 Å². The van der Waals surface area contributed by atoms with Crippen LogP contribution in [0.3, 0.4) is 0 Å². The zero-order valence-electron chi connectivity index (χ0n) is 62.7. The van der Waals surface area contributed by atoms with Gasteiger partial charge in [-0.2, -0.15) is 43.0 Å². The third-order valence-electron chi connectivity index (χ3n) is 14.4. The normalized spacial score (nSPS) is 11.6. The number of alkyl halides is 7. The fourth-order valence-corrected chi connectivity index (χ4v) is 9.83. The van der Waals surface area contributed by atoms with Crippen molar-refractivity contribution in [2.24, 2.45) is 0 Å². The number of nitrogens with zero attached hydrogens (tertiary/aromatic N) is 7. The van der Waals surface area contributed by atoms with Gasteiger partial charge in [-0.1, -0.05) is 75.6 Å². The van der Waals surface area contributed by atoms with Gasteiger partial charge in [-0.25, -0.2) is 37.3 Å². The number of carbonyl (C=O) groups is 5. The molecule has 6 aromatic heterocycles. The molecule has 1 fully saturated rings. The number of aliphatic hydroxyl groups is 1. The number of H-pyrrole nitrogens is 1. The van der Waals surface area contributed by atoms with Crippen LogP contribution in [0.1, 0.15) is 125 Å². The van der Waals surface area contributed by atoms with E-state index in [9.17, 15) is 64.2 Å². The largest absolute Gasteiger partial charge is 1.00 e. The number of carbonyl (C=O) groups excluding carboxylic acids is 5. The van der Waals surface area contributed by atoms with Crippen molar-refractivity contribution in [3.63, 3.8) is 0 Å². The molecule has 7 heterocycles. The van der Waals surface area contributed by atoms with Gasteiger partial charge < -0.3 is 55.8 Å². The Morgan fingerprint density at radius 1 is 0.606 bits per heavy atom. The molecule has 0 bridgehead atoms. The van der Waals surface area contributed by atoms with E-state index in [-0.39, 0.29) is 105 Å². The Bertz CT molecular complexity index is 4460. The Kier molecular flexibility index (Phi) is 43.8. The number of hydrogen-bond donors (Lipinski definition) is 2. The Hall–Kier alpha value is -8.63. The summed E-state index contributed by atoms with van der Waals surface area (Å²) in [4.78, 5) is 59.9. The van der Waals surface area contributed by atoms with Gasteiger partial charge in [0.25, 0.3) is 5.78 Å². The Labute approximate surface area is 680 Å². The second kappa shape index (κ2) is 49.5. The van der Waals surface area contributed by atoms with Gasteiger partial charge in [0.15, 0.2) is 0 Å². The van der Waals surface area contributed by atoms with E-state index in [4.69, 9.17) is 23.7 Å². The predicted molar refractivity (Wildman–Crippen MR) is 403 cm³/mol. The van der Waals surface area contributed by atoms with Crippen LogP contribution < -0.4 is 48.4 Å². The minimum Gasteiger partial charge on any atom is -1.00 e. The molecule has 11 rings (SSSR count). The van der Waals surface area contributed by atoms with Crippen molar-refractivity contribution in [3.05, 3.63) is 272 Å². The molecule has 0 spiro atoms. The first kappa shape index (κ1) is 96.4. The molecule has 1 aliphatic heterocycles. The average Bonchev–Trinajstić information content (AvgIpc) is 1.41. The smallest absolute Gasteiger partial charge is 1.00 e. The molecule has 2 N–H and O–H groups in total.